The fourth-order valence-corrected chi connectivity index (χ4v) is 2.18. The number of carbonyl (C=O) groups is 2. The molecule has 1 aliphatic rings. The average Bonchev–Trinajstić information content (AvgIpc) is 2.40. The summed E-state index contributed by atoms with van der Waals surface area (Å²) in [7, 11) is 1.54. The molecule has 2 rings (SSSR count). The van der Waals surface area contributed by atoms with Crippen LogP contribution < -0.4 is 15.0 Å². The standard InChI is InChI=1S/C13H16N2O4/c1-19-11-5-3-2-4-10(11)15-8-9(6-12(16)17)7-14-13(15)18/h2-5,9H,6-8H2,1H3,(H,14,18)(H,16,17). The van der Waals surface area contributed by atoms with Gasteiger partial charge in [-0.15, -0.1) is 0 Å². The first kappa shape index (κ1) is 13.2. The Morgan fingerprint density at radius 1 is 1.53 bits per heavy atom. The molecule has 2 amide bonds. The van der Waals surface area contributed by atoms with Crippen LogP contribution >= 0.6 is 0 Å². The van der Waals surface area contributed by atoms with Gasteiger partial charge in [-0.1, -0.05) is 12.1 Å². The van der Waals surface area contributed by atoms with Gasteiger partial charge in [-0.2, -0.15) is 0 Å². The van der Waals surface area contributed by atoms with Crippen molar-refractivity contribution >= 4 is 17.7 Å². The van der Waals surface area contributed by atoms with Gasteiger partial charge in [0.25, 0.3) is 0 Å². The number of nitrogens with zero attached hydrogens (tertiary/aromatic N) is 1. The molecule has 1 aliphatic heterocycles. The van der Waals surface area contributed by atoms with Crippen molar-refractivity contribution in [2.24, 2.45) is 5.92 Å². The third-order valence-electron chi connectivity index (χ3n) is 3.07. The summed E-state index contributed by atoms with van der Waals surface area (Å²) in [5.41, 5.74) is 0.651. The lowest BCUT2D eigenvalue weighted by Gasteiger charge is -2.33. The summed E-state index contributed by atoms with van der Waals surface area (Å²) >= 11 is 0. The molecule has 0 saturated carbocycles. The van der Waals surface area contributed by atoms with Gasteiger partial charge in [-0.25, -0.2) is 4.79 Å². The lowest BCUT2D eigenvalue weighted by molar-refractivity contribution is -0.138. The van der Waals surface area contributed by atoms with Crippen molar-refractivity contribution in [1.82, 2.24) is 5.32 Å². The van der Waals surface area contributed by atoms with E-state index in [1.54, 1.807) is 12.1 Å². The van der Waals surface area contributed by atoms with Crippen LogP contribution in [0, 0.1) is 5.92 Å². The summed E-state index contributed by atoms with van der Waals surface area (Å²) in [5.74, 6) is -0.380. The summed E-state index contributed by atoms with van der Waals surface area (Å²) in [6.45, 7) is 0.759. The van der Waals surface area contributed by atoms with Crippen LogP contribution in [0.25, 0.3) is 0 Å². The van der Waals surface area contributed by atoms with E-state index in [9.17, 15) is 9.59 Å². The summed E-state index contributed by atoms with van der Waals surface area (Å²) in [4.78, 5) is 24.2. The number of amides is 2. The molecular weight excluding hydrogens is 248 g/mol. The SMILES string of the molecule is COc1ccccc1N1CC(CC(=O)O)CNC1=O. The Morgan fingerprint density at radius 3 is 2.95 bits per heavy atom. The number of urea groups is 1. The maximum atomic E-state index is 11.9. The number of hydrogen-bond acceptors (Lipinski definition) is 3. The van der Waals surface area contributed by atoms with Gasteiger partial charge in [0.05, 0.1) is 19.2 Å². The number of ether oxygens (including phenoxy) is 1. The normalized spacial score (nSPS) is 18.9. The molecule has 0 bridgehead atoms. The van der Waals surface area contributed by atoms with E-state index in [2.05, 4.69) is 5.32 Å². The van der Waals surface area contributed by atoms with E-state index in [0.717, 1.165) is 0 Å². The first-order valence-electron chi connectivity index (χ1n) is 6.02. The van der Waals surface area contributed by atoms with Crippen LogP contribution in [0.1, 0.15) is 6.42 Å². The Morgan fingerprint density at radius 2 is 2.26 bits per heavy atom. The van der Waals surface area contributed by atoms with Crippen LogP contribution in [0.4, 0.5) is 10.5 Å². The quantitative estimate of drug-likeness (QED) is 0.859. The molecule has 0 aliphatic carbocycles. The van der Waals surface area contributed by atoms with Crippen LogP contribution in [0.2, 0.25) is 0 Å². The molecule has 1 saturated heterocycles. The van der Waals surface area contributed by atoms with E-state index in [0.29, 0.717) is 24.5 Å². The molecule has 0 radical (unpaired) electrons. The first-order chi connectivity index (χ1) is 9.11. The van der Waals surface area contributed by atoms with Crippen LogP contribution in [-0.2, 0) is 4.79 Å². The molecule has 6 heteroatoms. The van der Waals surface area contributed by atoms with E-state index in [4.69, 9.17) is 9.84 Å². The minimum Gasteiger partial charge on any atom is -0.495 e. The lowest BCUT2D eigenvalue weighted by atomic mass is 10.0. The molecule has 0 spiro atoms. The highest BCUT2D eigenvalue weighted by molar-refractivity contribution is 5.94. The molecule has 1 fully saturated rings. The molecule has 19 heavy (non-hydrogen) atoms. The van der Waals surface area contributed by atoms with Gasteiger partial charge in [0.2, 0.25) is 0 Å². The topological polar surface area (TPSA) is 78.9 Å². The maximum Gasteiger partial charge on any atom is 0.322 e. The van der Waals surface area contributed by atoms with Gasteiger partial charge in [0.15, 0.2) is 0 Å². The molecule has 1 unspecified atom stereocenters. The average molecular weight is 264 g/mol. The zero-order chi connectivity index (χ0) is 13.8. The minimum absolute atomic E-state index is 0.0337. The monoisotopic (exact) mass is 264 g/mol. The van der Waals surface area contributed by atoms with E-state index < -0.39 is 5.97 Å². The molecule has 1 aromatic carbocycles. The second-order valence-electron chi connectivity index (χ2n) is 4.43. The van der Waals surface area contributed by atoms with Gasteiger partial charge in [-0.3, -0.25) is 9.69 Å². The Labute approximate surface area is 111 Å². The molecule has 102 valence electrons. The summed E-state index contributed by atoms with van der Waals surface area (Å²) in [6, 6.07) is 6.95. The fraction of sp³-hybridized carbons (Fsp3) is 0.385. The number of anilines is 1. The Balaban J connectivity index is 2.21. The number of rotatable bonds is 4. The smallest absolute Gasteiger partial charge is 0.322 e. The Kier molecular flexibility index (Phi) is 3.89. The van der Waals surface area contributed by atoms with Crippen molar-refractivity contribution in [3.63, 3.8) is 0 Å². The second kappa shape index (κ2) is 5.60. The number of carboxylic acid groups (broad SMARTS) is 1. The van der Waals surface area contributed by atoms with E-state index in [1.165, 1.54) is 12.0 Å². The third-order valence-corrected chi connectivity index (χ3v) is 3.07. The summed E-state index contributed by atoms with van der Waals surface area (Å²) < 4.78 is 5.23. The second-order valence-corrected chi connectivity index (χ2v) is 4.43. The van der Waals surface area contributed by atoms with Crippen molar-refractivity contribution in [3.8, 4) is 5.75 Å². The molecule has 6 nitrogen and oxygen atoms in total. The lowest BCUT2D eigenvalue weighted by Crippen LogP contribution is -2.51. The third kappa shape index (κ3) is 2.96. The predicted octanol–water partition coefficient (Wildman–Crippen LogP) is 1.32. The van der Waals surface area contributed by atoms with E-state index in [-0.39, 0.29) is 18.4 Å². The fourth-order valence-electron chi connectivity index (χ4n) is 2.18. The summed E-state index contributed by atoms with van der Waals surface area (Å²) in [6.07, 6.45) is 0.0337. The van der Waals surface area contributed by atoms with Gasteiger partial charge in [-0.05, 0) is 12.1 Å². The van der Waals surface area contributed by atoms with Crippen molar-refractivity contribution < 1.29 is 19.4 Å². The molecular formula is C13H16N2O4. The highest BCUT2D eigenvalue weighted by atomic mass is 16.5. The van der Waals surface area contributed by atoms with Gasteiger partial charge in [0.1, 0.15) is 5.75 Å². The summed E-state index contributed by atoms with van der Waals surface area (Å²) in [5, 5.41) is 11.5. The number of methoxy groups -OCH3 is 1. The molecule has 1 heterocycles. The number of benzene rings is 1. The van der Waals surface area contributed by atoms with Crippen molar-refractivity contribution in [2.75, 3.05) is 25.1 Å². The first-order valence-corrected chi connectivity index (χ1v) is 6.02. The zero-order valence-corrected chi connectivity index (χ0v) is 10.6. The van der Waals surface area contributed by atoms with Gasteiger partial charge < -0.3 is 15.2 Å². The number of hydrogen-bond donors (Lipinski definition) is 2. The zero-order valence-electron chi connectivity index (χ0n) is 10.6. The molecule has 1 aromatic rings. The predicted molar refractivity (Wildman–Crippen MR) is 69.5 cm³/mol. The van der Waals surface area contributed by atoms with Crippen molar-refractivity contribution in [1.29, 1.82) is 0 Å². The molecule has 1 atom stereocenters. The number of aliphatic carboxylic acids is 1. The van der Waals surface area contributed by atoms with Gasteiger partial charge >= 0.3 is 12.0 Å². The van der Waals surface area contributed by atoms with Crippen LogP contribution in [0.3, 0.4) is 0 Å². The Bertz CT molecular complexity index is 489. The van der Waals surface area contributed by atoms with Crippen molar-refractivity contribution in [3.05, 3.63) is 24.3 Å². The molecule has 2 N–H and O–H groups in total. The van der Waals surface area contributed by atoms with E-state index >= 15 is 0 Å². The number of carboxylic acids is 1. The number of carbonyl (C=O) groups excluding carboxylic acids is 1. The van der Waals surface area contributed by atoms with Crippen LogP contribution in [0.15, 0.2) is 24.3 Å². The molecule has 0 aromatic heterocycles. The Hall–Kier alpha value is -2.24. The number of para-hydroxylation sites is 2. The van der Waals surface area contributed by atoms with Gasteiger partial charge in [0, 0.05) is 19.0 Å². The highest BCUT2D eigenvalue weighted by Crippen LogP contribution is 2.29. The van der Waals surface area contributed by atoms with E-state index in [1.807, 2.05) is 12.1 Å². The minimum atomic E-state index is -0.860. The number of nitrogens with one attached hydrogen (secondary N) is 1. The van der Waals surface area contributed by atoms with Crippen LogP contribution in [0.5, 0.6) is 5.75 Å². The van der Waals surface area contributed by atoms with Crippen LogP contribution in [-0.4, -0.2) is 37.3 Å². The van der Waals surface area contributed by atoms with Crippen molar-refractivity contribution in [2.45, 2.75) is 6.42 Å². The maximum absolute atomic E-state index is 11.9. The highest BCUT2D eigenvalue weighted by Gasteiger charge is 2.29. The largest absolute Gasteiger partial charge is 0.495 e.